The fourth-order valence-electron chi connectivity index (χ4n) is 2.16. The summed E-state index contributed by atoms with van der Waals surface area (Å²) in [7, 11) is 2.18. The van der Waals surface area contributed by atoms with E-state index in [-0.39, 0.29) is 0 Å². The van der Waals surface area contributed by atoms with Crippen molar-refractivity contribution in [3.63, 3.8) is 0 Å². The van der Waals surface area contributed by atoms with Crippen molar-refractivity contribution in [3.05, 3.63) is 22.3 Å². The van der Waals surface area contributed by atoms with Crippen molar-refractivity contribution in [3.8, 4) is 0 Å². The summed E-state index contributed by atoms with van der Waals surface area (Å²) in [6, 6.07) is 2.09. The zero-order valence-corrected chi connectivity index (χ0v) is 11.4. The molecule has 0 radical (unpaired) electrons. The smallest absolute Gasteiger partial charge is 0.128 e. The lowest BCUT2D eigenvalue weighted by atomic mass is 10.1. The molecule has 0 spiro atoms. The van der Waals surface area contributed by atoms with Crippen molar-refractivity contribution in [1.29, 1.82) is 0 Å². The second kappa shape index (κ2) is 5.15. The van der Waals surface area contributed by atoms with Gasteiger partial charge in [-0.1, -0.05) is 0 Å². The molecule has 1 aliphatic rings. The van der Waals surface area contributed by atoms with Gasteiger partial charge in [-0.05, 0) is 60.4 Å². The molecule has 0 aliphatic carbocycles. The van der Waals surface area contributed by atoms with E-state index in [0.29, 0.717) is 0 Å². The monoisotopic (exact) mass is 283 g/mol. The Morgan fingerprint density at radius 1 is 1.62 bits per heavy atom. The number of aryl methyl sites for hydroxylation is 1. The average molecular weight is 284 g/mol. The first-order chi connectivity index (χ1) is 7.65. The van der Waals surface area contributed by atoms with Crippen LogP contribution in [0.15, 0.2) is 16.7 Å². The minimum absolute atomic E-state index is 0.759. The molecule has 1 atom stereocenters. The van der Waals surface area contributed by atoms with E-state index in [4.69, 9.17) is 0 Å². The van der Waals surface area contributed by atoms with Crippen LogP contribution < -0.4 is 5.32 Å². The summed E-state index contributed by atoms with van der Waals surface area (Å²) >= 11 is 3.42. The summed E-state index contributed by atoms with van der Waals surface area (Å²) in [4.78, 5) is 6.77. The van der Waals surface area contributed by atoms with E-state index in [1.807, 2.05) is 6.20 Å². The number of halogens is 1. The summed E-state index contributed by atoms with van der Waals surface area (Å²) in [5.41, 5.74) is 1.20. The number of nitrogens with one attached hydrogen (secondary N) is 1. The van der Waals surface area contributed by atoms with E-state index in [9.17, 15) is 0 Å². The van der Waals surface area contributed by atoms with Gasteiger partial charge in [-0.2, -0.15) is 0 Å². The maximum absolute atomic E-state index is 4.39. The molecular formula is C12H18BrN3. The van der Waals surface area contributed by atoms with E-state index in [2.05, 4.69) is 51.2 Å². The Hall–Kier alpha value is -0.610. The molecular weight excluding hydrogens is 266 g/mol. The van der Waals surface area contributed by atoms with Gasteiger partial charge in [0, 0.05) is 23.8 Å². The molecule has 1 saturated heterocycles. The maximum atomic E-state index is 4.39. The lowest BCUT2D eigenvalue weighted by Gasteiger charge is -2.13. The summed E-state index contributed by atoms with van der Waals surface area (Å²) in [6.07, 6.45) is 3.13. The van der Waals surface area contributed by atoms with Crippen molar-refractivity contribution < 1.29 is 0 Å². The van der Waals surface area contributed by atoms with Crippen LogP contribution in [0, 0.1) is 12.8 Å². The average Bonchev–Trinajstić information content (AvgIpc) is 2.63. The van der Waals surface area contributed by atoms with Gasteiger partial charge in [0.1, 0.15) is 5.82 Å². The van der Waals surface area contributed by atoms with Crippen molar-refractivity contribution in [1.82, 2.24) is 9.88 Å². The molecule has 1 aromatic heterocycles. The number of hydrogen-bond donors (Lipinski definition) is 1. The van der Waals surface area contributed by atoms with Crippen molar-refractivity contribution in [2.45, 2.75) is 13.3 Å². The van der Waals surface area contributed by atoms with Crippen LogP contribution in [0.3, 0.4) is 0 Å². The van der Waals surface area contributed by atoms with Gasteiger partial charge >= 0.3 is 0 Å². The second-order valence-electron chi connectivity index (χ2n) is 4.62. The number of rotatable bonds is 3. The predicted octanol–water partition coefficient (Wildman–Crippen LogP) is 2.52. The molecule has 1 N–H and O–H groups in total. The number of likely N-dealkylation sites (tertiary alicyclic amines) is 1. The number of nitrogens with zero attached hydrogens (tertiary/aromatic N) is 2. The van der Waals surface area contributed by atoms with Crippen molar-refractivity contribution >= 4 is 21.7 Å². The highest BCUT2D eigenvalue weighted by molar-refractivity contribution is 9.10. The minimum atomic E-state index is 0.759. The number of anilines is 1. The molecule has 1 fully saturated rings. The zero-order chi connectivity index (χ0) is 11.5. The van der Waals surface area contributed by atoms with Crippen LogP contribution in [0.4, 0.5) is 5.82 Å². The Morgan fingerprint density at radius 2 is 2.44 bits per heavy atom. The van der Waals surface area contributed by atoms with Crippen LogP contribution in [0.5, 0.6) is 0 Å². The first kappa shape index (κ1) is 11.9. The van der Waals surface area contributed by atoms with Crippen LogP contribution in [-0.4, -0.2) is 36.6 Å². The van der Waals surface area contributed by atoms with Crippen LogP contribution in [0.25, 0.3) is 0 Å². The maximum Gasteiger partial charge on any atom is 0.128 e. The molecule has 3 nitrogen and oxygen atoms in total. The Bertz CT molecular complexity index is 367. The summed E-state index contributed by atoms with van der Waals surface area (Å²) < 4.78 is 1.04. The lowest BCUT2D eigenvalue weighted by Crippen LogP contribution is -2.19. The highest BCUT2D eigenvalue weighted by Crippen LogP contribution is 2.19. The topological polar surface area (TPSA) is 28.2 Å². The van der Waals surface area contributed by atoms with Gasteiger partial charge < -0.3 is 10.2 Å². The van der Waals surface area contributed by atoms with E-state index in [0.717, 1.165) is 22.8 Å². The third-order valence-electron chi connectivity index (χ3n) is 3.09. The summed E-state index contributed by atoms with van der Waals surface area (Å²) in [6.45, 7) is 5.53. The van der Waals surface area contributed by atoms with E-state index in [1.54, 1.807) is 0 Å². The second-order valence-corrected chi connectivity index (χ2v) is 5.53. The number of aromatic nitrogens is 1. The molecule has 1 aliphatic heterocycles. The number of pyridine rings is 1. The van der Waals surface area contributed by atoms with Gasteiger partial charge in [0.15, 0.2) is 0 Å². The van der Waals surface area contributed by atoms with Gasteiger partial charge in [0.25, 0.3) is 0 Å². The zero-order valence-electron chi connectivity index (χ0n) is 9.83. The Morgan fingerprint density at radius 3 is 3.06 bits per heavy atom. The predicted molar refractivity (Wildman–Crippen MR) is 70.8 cm³/mol. The molecule has 4 heteroatoms. The van der Waals surface area contributed by atoms with Crippen molar-refractivity contribution in [2.24, 2.45) is 5.92 Å². The van der Waals surface area contributed by atoms with Crippen LogP contribution in [-0.2, 0) is 0 Å². The standard InChI is InChI=1S/C12H18BrN3/c1-9-5-11(13)7-15-12(9)14-6-10-3-4-16(2)8-10/h5,7,10H,3-4,6,8H2,1-2H3,(H,14,15). The highest BCUT2D eigenvalue weighted by Gasteiger charge is 2.19. The van der Waals surface area contributed by atoms with Crippen molar-refractivity contribution in [2.75, 3.05) is 32.0 Å². The van der Waals surface area contributed by atoms with Gasteiger partial charge in [-0.3, -0.25) is 0 Å². The lowest BCUT2D eigenvalue weighted by molar-refractivity contribution is 0.399. The molecule has 88 valence electrons. The molecule has 1 aromatic rings. The highest BCUT2D eigenvalue weighted by atomic mass is 79.9. The van der Waals surface area contributed by atoms with Gasteiger partial charge in [-0.15, -0.1) is 0 Å². The van der Waals surface area contributed by atoms with Gasteiger partial charge in [0.05, 0.1) is 0 Å². The first-order valence-electron chi connectivity index (χ1n) is 5.69. The molecule has 1 unspecified atom stereocenters. The molecule has 2 rings (SSSR count). The fourth-order valence-corrected chi connectivity index (χ4v) is 2.61. The minimum Gasteiger partial charge on any atom is -0.370 e. The Balaban J connectivity index is 1.89. The quantitative estimate of drug-likeness (QED) is 0.924. The van der Waals surface area contributed by atoms with Crippen LogP contribution >= 0.6 is 15.9 Å². The van der Waals surface area contributed by atoms with E-state index in [1.165, 1.54) is 25.1 Å². The number of hydrogen-bond acceptors (Lipinski definition) is 3. The third kappa shape index (κ3) is 2.95. The van der Waals surface area contributed by atoms with Gasteiger partial charge in [0.2, 0.25) is 0 Å². The normalized spacial score (nSPS) is 21.3. The SMILES string of the molecule is Cc1cc(Br)cnc1NCC1CCN(C)C1. The van der Waals surface area contributed by atoms with Crippen LogP contribution in [0.1, 0.15) is 12.0 Å². The third-order valence-corrected chi connectivity index (χ3v) is 3.53. The molecule has 0 aromatic carbocycles. The van der Waals surface area contributed by atoms with Crippen LogP contribution in [0.2, 0.25) is 0 Å². The van der Waals surface area contributed by atoms with Gasteiger partial charge in [-0.25, -0.2) is 4.98 Å². The molecule has 2 heterocycles. The molecule has 0 saturated carbocycles. The molecule has 16 heavy (non-hydrogen) atoms. The fraction of sp³-hybridized carbons (Fsp3) is 0.583. The van der Waals surface area contributed by atoms with E-state index < -0.39 is 0 Å². The largest absolute Gasteiger partial charge is 0.370 e. The Kier molecular flexibility index (Phi) is 3.82. The Labute approximate surface area is 105 Å². The summed E-state index contributed by atoms with van der Waals surface area (Å²) in [5.74, 6) is 1.77. The van der Waals surface area contributed by atoms with E-state index >= 15 is 0 Å². The first-order valence-corrected chi connectivity index (χ1v) is 6.49. The molecule has 0 amide bonds. The summed E-state index contributed by atoms with van der Waals surface area (Å²) in [5, 5.41) is 3.44. The molecule has 0 bridgehead atoms.